The summed E-state index contributed by atoms with van der Waals surface area (Å²) in [5, 5.41) is 7.79. The van der Waals surface area contributed by atoms with Gasteiger partial charge in [0.2, 0.25) is 5.91 Å². The van der Waals surface area contributed by atoms with Crippen LogP contribution in [-0.2, 0) is 11.3 Å². The topological polar surface area (TPSA) is 55.1 Å². The van der Waals surface area contributed by atoms with Crippen molar-refractivity contribution in [1.29, 1.82) is 0 Å². The molecule has 0 unspecified atom stereocenters. The third kappa shape index (κ3) is 3.06. The van der Waals surface area contributed by atoms with Gasteiger partial charge in [0, 0.05) is 12.3 Å². The summed E-state index contributed by atoms with van der Waals surface area (Å²) in [7, 11) is 0. The quantitative estimate of drug-likeness (QED) is 0.788. The molecule has 0 aromatic carbocycles. The van der Waals surface area contributed by atoms with Gasteiger partial charge in [-0.2, -0.15) is 0 Å². The molecule has 21 heavy (non-hydrogen) atoms. The molecular formula is C15H14N2O2S2. The highest BCUT2D eigenvalue weighted by molar-refractivity contribution is 7.20. The number of nitrogens with one attached hydrogen (secondary N) is 1. The fourth-order valence-electron chi connectivity index (χ4n) is 1.91. The normalized spacial score (nSPS) is 10.8. The van der Waals surface area contributed by atoms with E-state index in [4.69, 9.17) is 4.42 Å². The average molecular weight is 318 g/mol. The molecular weight excluding hydrogens is 304 g/mol. The van der Waals surface area contributed by atoms with E-state index in [-0.39, 0.29) is 5.91 Å². The van der Waals surface area contributed by atoms with Crippen LogP contribution in [0.5, 0.6) is 0 Å². The molecule has 0 saturated carbocycles. The van der Waals surface area contributed by atoms with Gasteiger partial charge in [-0.3, -0.25) is 4.79 Å². The van der Waals surface area contributed by atoms with Gasteiger partial charge < -0.3 is 9.73 Å². The number of aryl methyl sites for hydroxylation is 1. The van der Waals surface area contributed by atoms with Crippen molar-refractivity contribution in [2.75, 3.05) is 0 Å². The van der Waals surface area contributed by atoms with Crippen molar-refractivity contribution in [1.82, 2.24) is 10.3 Å². The Morgan fingerprint density at radius 1 is 1.33 bits per heavy atom. The van der Waals surface area contributed by atoms with E-state index >= 15 is 0 Å². The molecule has 0 aliphatic carbocycles. The third-order valence-electron chi connectivity index (χ3n) is 2.99. The summed E-state index contributed by atoms with van der Waals surface area (Å²) in [6, 6.07) is 5.84. The van der Waals surface area contributed by atoms with Gasteiger partial charge in [-0.1, -0.05) is 0 Å². The summed E-state index contributed by atoms with van der Waals surface area (Å²) in [6.45, 7) is 3.97. The van der Waals surface area contributed by atoms with Crippen LogP contribution < -0.4 is 5.32 Å². The number of aromatic nitrogens is 1. The Labute approximate surface area is 130 Å². The molecule has 1 N–H and O–H groups in total. The van der Waals surface area contributed by atoms with Gasteiger partial charge in [-0.25, -0.2) is 4.98 Å². The highest BCUT2D eigenvalue weighted by Crippen LogP contribution is 2.34. The summed E-state index contributed by atoms with van der Waals surface area (Å²) in [6.07, 6.45) is 0. The Balaban J connectivity index is 1.80. The van der Waals surface area contributed by atoms with Gasteiger partial charge in [0.05, 0.1) is 11.4 Å². The van der Waals surface area contributed by atoms with E-state index in [0.717, 1.165) is 22.2 Å². The van der Waals surface area contributed by atoms with Crippen molar-refractivity contribution in [2.45, 2.75) is 20.4 Å². The fourth-order valence-corrected chi connectivity index (χ4v) is 3.81. The fraction of sp³-hybridized carbons (Fsp3) is 0.200. The number of rotatable bonds is 4. The first-order valence-electron chi connectivity index (χ1n) is 6.47. The van der Waals surface area contributed by atoms with Crippen LogP contribution in [0.2, 0.25) is 0 Å². The van der Waals surface area contributed by atoms with Crippen molar-refractivity contribution in [3.63, 3.8) is 0 Å². The predicted molar refractivity (Wildman–Crippen MR) is 85.4 cm³/mol. The van der Waals surface area contributed by atoms with Gasteiger partial charge in [-0.15, -0.1) is 22.7 Å². The minimum atomic E-state index is -0.0722. The van der Waals surface area contributed by atoms with E-state index < -0.39 is 0 Å². The summed E-state index contributed by atoms with van der Waals surface area (Å²) in [4.78, 5) is 16.7. The Hall–Kier alpha value is -1.92. The molecule has 0 bridgehead atoms. The van der Waals surface area contributed by atoms with Crippen LogP contribution in [-0.4, -0.2) is 10.9 Å². The Morgan fingerprint density at radius 3 is 2.90 bits per heavy atom. The number of thiazole rings is 1. The minimum absolute atomic E-state index is 0.0722. The largest absolute Gasteiger partial charge is 0.458 e. The molecule has 3 aromatic rings. The molecule has 1 amide bonds. The molecule has 0 saturated heterocycles. The molecule has 3 rings (SSSR count). The van der Waals surface area contributed by atoms with Crippen LogP contribution in [0.4, 0.5) is 0 Å². The monoisotopic (exact) mass is 318 g/mol. The van der Waals surface area contributed by atoms with Gasteiger partial charge in [0.25, 0.3) is 0 Å². The number of hydrogen-bond acceptors (Lipinski definition) is 5. The molecule has 6 heteroatoms. The average Bonchev–Trinajstić information content (AvgIpc) is 3.15. The zero-order chi connectivity index (χ0) is 14.8. The highest BCUT2D eigenvalue weighted by Gasteiger charge is 2.12. The van der Waals surface area contributed by atoms with Crippen molar-refractivity contribution in [3.8, 4) is 21.3 Å². The number of amides is 1. The Kier molecular flexibility index (Phi) is 3.90. The Morgan fingerprint density at radius 2 is 2.19 bits per heavy atom. The van der Waals surface area contributed by atoms with Crippen LogP contribution in [0.3, 0.4) is 0 Å². The number of hydrogen-bond donors (Lipinski definition) is 1. The maximum absolute atomic E-state index is 10.9. The van der Waals surface area contributed by atoms with Crippen molar-refractivity contribution in [2.24, 2.45) is 0 Å². The second kappa shape index (κ2) is 5.83. The molecule has 0 fully saturated rings. The van der Waals surface area contributed by atoms with Crippen LogP contribution in [0.25, 0.3) is 21.3 Å². The second-order valence-electron chi connectivity index (χ2n) is 4.65. The molecule has 0 aliphatic rings. The summed E-state index contributed by atoms with van der Waals surface area (Å²) >= 11 is 3.31. The van der Waals surface area contributed by atoms with Crippen LogP contribution >= 0.6 is 22.7 Å². The van der Waals surface area contributed by atoms with Crippen LogP contribution in [0.15, 0.2) is 33.4 Å². The van der Waals surface area contributed by atoms with E-state index in [1.165, 1.54) is 17.4 Å². The lowest BCUT2D eigenvalue weighted by Crippen LogP contribution is -2.18. The van der Waals surface area contributed by atoms with Crippen LogP contribution in [0, 0.1) is 6.92 Å². The molecule has 0 spiro atoms. The van der Waals surface area contributed by atoms with Gasteiger partial charge >= 0.3 is 0 Å². The maximum atomic E-state index is 10.9. The number of carbonyl (C=O) groups excluding carboxylic acids is 1. The second-order valence-corrected chi connectivity index (χ2v) is 6.42. The van der Waals surface area contributed by atoms with E-state index in [1.54, 1.807) is 22.7 Å². The van der Waals surface area contributed by atoms with Gasteiger partial charge in [0.15, 0.2) is 5.76 Å². The maximum Gasteiger partial charge on any atom is 0.217 e. The SMILES string of the molecule is CC(=O)NCc1ccc(-c2csc(-c3sccc3C)n2)o1. The number of nitrogens with zero attached hydrogens (tertiary/aromatic N) is 1. The highest BCUT2D eigenvalue weighted by atomic mass is 32.1. The predicted octanol–water partition coefficient (Wildman–Crippen LogP) is 4.08. The van der Waals surface area contributed by atoms with Crippen molar-refractivity contribution < 1.29 is 9.21 Å². The zero-order valence-corrected chi connectivity index (χ0v) is 13.3. The number of carbonyl (C=O) groups is 1. The lowest BCUT2D eigenvalue weighted by atomic mass is 10.3. The van der Waals surface area contributed by atoms with Crippen LogP contribution in [0.1, 0.15) is 18.2 Å². The molecule has 3 aromatic heterocycles. The summed E-state index contributed by atoms with van der Waals surface area (Å²) in [5.74, 6) is 1.38. The standard InChI is InChI=1S/C15H14N2O2S2/c1-9-5-6-20-14(9)15-17-12(8-21-15)13-4-3-11(19-13)7-16-10(2)18/h3-6,8H,7H2,1-2H3,(H,16,18). The first-order valence-corrected chi connectivity index (χ1v) is 8.23. The minimum Gasteiger partial charge on any atom is -0.458 e. The number of furan rings is 1. The smallest absolute Gasteiger partial charge is 0.217 e. The molecule has 4 nitrogen and oxygen atoms in total. The van der Waals surface area contributed by atoms with E-state index in [1.807, 2.05) is 17.5 Å². The van der Waals surface area contributed by atoms with E-state index in [2.05, 4.69) is 28.7 Å². The lowest BCUT2D eigenvalue weighted by Gasteiger charge is -1.97. The first kappa shape index (κ1) is 14.0. The summed E-state index contributed by atoms with van der Waals surface area (Å²) < 4.78 is 5.71. The molecule has 0 aliphatic heterocycles. The molecule has 0 atom stereocenters. The molecule has 0 radical (unpaired) electrons. The van der Waals surface area contributed by atoms with E-state index in [9.17, 15) is 4.79 Å². The van der Waals surface area contributed by atoms with E-state index in [0.29, 0.717) is 6.54 Å². The van der Waals surface area contributed by atoms with Crippen molar-refractivity contribution >= 4 is 28.6 Å². The van der Waals surface area contributed by atoms with Gasteiger partial charge in [0.1, 0.15) is 16.5 Å². The van der Waals surface area contributed by atoms with Crippen molar-refractivity contribution in [3.05, 3.63) is 40.3 Å². The molecule has 3 heterocycles. The lowest BCUT2D eigenvalue weighted by molar-refractivity contribution is -0.119. The molecule has 108 valence electrons. The first-order chi connectivity index (χ1) is 10.1. The van der Waals surface area contributed by atoms with Gasteiger partial charge in [-0.05, 0) is 36.1 Å². The number of thiophene rings is 1. The zero-order valence-electron chi connectivity index (χ0n) is 11.7. The third-order valence-corrected chi connectivity index (χ3v) is 5.00. The Bertz CT molecular complexity index is 770. The summed E-state index contributed by atoms with van der Waals surface area (Å²) in [5.41, 5.74) is 2.07.